The maximum Gasteiger partial charge on any atom is 0.471 e. The van der Waals surface area contributed by atoms with Crippen LogP contribution in [-0.2, 0) is 4.79 Å². The van der Waals surface area contributed by atoms with Gasteiger partial charge in [0.2, 0.25) is 0 Å². The number of rotatable bonds is 1. The summed E-state index contributed by atoms with van der Waals surface area (Å²) < 4.78 is 33.1. The van der Waals surface area contributed by atoms with E-state index >= 15 is 0 Å². The van der Waals surface area contributed by atoms with Crippen molar-refractivity contribution in [3.8, 4) is 0 Å². The van der Waals surface area contributed by atoms with Crippen molar-refractivity contribution in [2.24, 2.45) is 0 Å². The van der Waals surface area contributed by atoms with E-state index in [1.807, 2.05) is 19.1 Å². The second kappa shape index (κ2) is 6.70. The molecule has 0 radical (unpaired) electrons. The van der Waals surface area contributed by atoms with E-state index < -0.39 is 12.1 Å². The molecule has 16 heavy (non-hydrogen) atoms. The molecule has 0 bridgehead atoms. The van der Waals surface area contributed by atoms with Crippen LogP contribution < -0.4 is 10.7 Å². The van der Waals surface area contributed by atoms with Gasteiger partial charge in [0, 0.05) is 26.7 Å². The lowest BCUT2D eigenvalue weighted by Crippen LogP contribution is -2.44. The molecule has 4 nitrogen and oxygen atoms in total. The van der Waals surface area contributed by atoms with Gasteiger partial charge in [-0.3, -0.25) is 15.2 Å². The van der Waals surface area contributed by atoms with Crippen LogP contribution in [0.15, 0.2) is 0 Å². The Balaban J connectivity index is 0. The molecule has 0 aliphatic heterocycles. The molecule has 0 atom stereocenters. The molecule has 0 aliphatic carbocycles. The van der Waals surface area contributed by atoms with Gasteiger partial charge in [-0.2, -0.15) is 13.2 Å². The highest BCUT2D eigenvalue weighted by atomic mass is 19.4. The van der Waals surface area contributed by atoms with Crippen LogP contribution in [0.5, 0.6) is 0 Å². The summed E-state index contributed by atoms with van der Waals surface area (Å²) in [7, 11) is 4.91. The Morgan fingerprint density at radius 3 is 1.50 bits per heavy atom. The maximum absolute atomic E-state index is 11.0. The average Bonchev–Trinajstić information content (AvgIpc) is 1.97. The van der Waals surface area contributed by atoms with E-state index in [1.165, 1.54) is 5.32 Å². The number of hydrogen-bond donors (Lipinski definition) is 2. The third kappa shape index (κ3) is 13.2. The molecule has 1 amide bonds. The number of amides is 1. The van der Waals surface area contributed by atoms with Gasteiger partial charge in [0.1, 0.15) is 0 Å². The summed E-state index contributed by atoms with van der Waals surface area (Å²) in [5.74, 6) is -1.92. The Morgan fingerprint density at radius 1 is 1.12 bits per heavy atom. The van der Waals surface area contributed by atoms with E-state index in [0.29, 0.717) is 0 Å². The number of hydrazine groups is 1. The molecule has 0 heterocycles. The monoisotopic (exact) mass is 243 g/mol. The second-order valence-electron chi connectivity index (χ2n) is 4.33. The predicted molar refractivity (Wildman–Crippen MR) is 56.7 cm³/mol. The van der Waals surface area contributed by atoms with Crippen molar-refractivity contribution in [1.29, 1.82) is 0 Å². The first-order chi connectivity index (χ1) is 6.90. The first kappa shape index (κ1) is 17.6. The van der Waals surface area contributed by atoms with E-state index in [-0.39, 0.29) is 5.54 Å². The summed E-state index contributed by atoms with van der Waals surface area (Å²) >= 11 is 0. The van der Waals surface area contributed by atoms with Crippen molar-refractivity contribution >= 4 is 5.91 Å². The molecule has 0 aliphatic rings. The van der Waals surface area contributed by atoms with E-state index in [0.717, 1.165) is 7.05 Å². The fourth-order valence-corrected chi connectivity index (χ4v) is 0.813. The SMILES string of the molecule is CN(C)NC(C)(C)C.CNC(=O)C(F)(F)F. The first-order valence-electron chi connectivity index (χ1n) is 4.64. The third-order valence-corrected chi connectivity index (χ3v) is 1.04. The third-order valence-electron chi connectivity index (χ3n) is 1.04. The van der Waals surface area contributed by atoms with Gasteiger partial charge >= 0.3 is 12.1 Å². The van der Waals surface area contributed by atoms with Gasteiger partial charge < -0.3 is 5.32 Å². The number of nitrogens with one attached hydrogen (secondary N) is 2. The molecule has 0 aromatic carbocycles. The van der Waals surface area contributed by atoms with Gasteiger partial charge in [-0.25, -0.2) is 0 Å². The molecule has 0 fully saturated rings. The molecule has 0 saturated carbocycles. The van der Waals surface area contributed by atoms with E-state index in [4.69, 9.17) is 0 Å². The average molecular weight is 243 g/mol. The number of carbonyl (C=O) groups is 1. The Hall–Kier alpha value is -0.820. The van der Waals surface area contributed by atoms with Crippen molar-refractivity contribution < 1.29 is 18.0 Å². The van der Waals surface area contributed by atoms with Gasteiger partial charge in [0.25, 0.3) is 0 Å². The summed E-state index contributed by atoms with van der Waals surface area (Å²) in [6.45, 7) is 6.40. The number of halogens is 3. The van der Waals surface area contributed by atoms with E-state index in [9.17, 15) is 18.0 Å². The van der Waals surface area contributed by atoms with Crippen LogP contribution in [0.25, 0.3) is 0 Å². The molecule has 0 aromatic heterocycles. The van der Waals surface area contributed by atoms with Gasteiger partial charge in [0.15, 0.2) is 0 Å². The van der Waals surface area contributed by atoms with Crippen molar-refractivity contribution in [3.63, 3.8) is 0 Å². The highest BCUT2D eigenvalue weighted by Gasteiger charge is 2.37. The zero-order valence-electron chi connectivity index (χ0n) is 10.5. The molecule has 0 unspecified atom stereocenters. The molecule has 0 rings (SSSR count). The lowest BCUT2D eigenvalue weighted by atomic mass is 10.1. The summed E-state index contributed by atoms with van der Waals surface area (Å²) in [6, 6.07) is 0. The minimum Gasteiger partial charge on any atom is -0.351 e. The second-order valence-corrected chi connectivity index (χ2v) is 4.33. The predicted octanol–water partition coefficient (Wildman–Crippen LogP) is 1.15. The van der Waals surface area contributed by atoms with Gasteiger partial charge in [-0.1, -0.05) is 0 Å². The summed E-state index contributed by atoms with van der Waals surface area (Å²) in [4.78, 5) is 9.60. The van der Waals surface area contributed by atoms with Crippen molar-refractivity contribution in [2.45, 2.75) is 32.5 Å². The molecule has 0 saturated heterocycles. The summed E-state index contributed by atoms with van der Waals surface area (Å²) in [5, 5.41) is 3.40. The van der Waals surface area contributed by atoms with Crippen LogP contribution in [0.2, 0.25) is 0 Å². The number of alkyl halides is 3. The molecule has 98 valence electrons. The number of nitrogens with zero attached hydrogens (tertiary/aromatic N) is 1. The van der Waals surface area contributed by atoms with E-state index in [1.54, 1.807) is 0 Å². The highest BCUT2D eigenvalue weighted by Crippen LogP contribution is 2.13. The fourth-order valence-electron chi connectivity index (χ4n) is 0.813. The Kier molecular flexibility index (Phi) is 7.35. The number of carbonyl (C=O) groups excluding carboxylic acids is 1. The Labute approximate surface area is 94.2 Å². The molecular weight excluding hydrogens is 223 g/mol. The maximum atomic E-state index is 11.0. The molecule has 0 aromatic rings. The van der Waals surface area contributed by atoms with Crippen LogP contribution in [0, 0.1) is 0 Å². The van der Waals surface area contributed by atoms with Crippen LogP contribution in [0.1, 0.15) is 20.8 Å². The normalized spacial score (nSPS) is 11.9. The zero-order valence-corrected chi connectivity index (χ0v) is 10.5. The topological polar surface area (TPSA) is 44.4 Å². The van der Waals surface area contributed by atoms with Crippen LogP contribution in [0.4, 0.5) is 13.2 Å². The van der Waals surface area contributed by atoms with Crippen LogP contribution in [0.3, 0.4) is 0 Å². The van der Waals surface area contributed by atoms with Gasteiger partial charge in [0.05, 0.1) is 0 Å². The first-order valence-corrected chi connectivity index (χ1v) is 4.64. The minimum absolute atomic E-state index is 0.198. The molecule has 7 heteroatoms. The van der Waals surface area contributed by atoms with Crippen molar-refractivity contribution in [3.05, 3.63) is 0 Å². The van der Waals surface area contributed by atoms with Gasteiger partial charge in [-0.05, 0) is 20.8 Å². The fraction of sp³-hybridized carbons (Fsp3) is 0.889. The minimum atomic E-state index is -4.74. The standard InChI is InChI=1S/C6H16N2.C3H4F3NO/c1-6(2,3)7-8(4)5;1-7-2(8)3(4,5)6/h7H,1-5H3;1H3,(H,7,8). The smallest absolute Gasteiger partial charge is 0.351 e. The Morgan fingerprint density at radius 2 is 1.50 bits per heavy atom. The lowest BCUT2D eigenvalue weighted by Gasteiger charge is -2.25. The van der Waals surface area contributed by atoms with Crippen molar-refractivity contribution in [2.75, 3.05) is 21.1 Å². The molecular formula is C9H20F3N3O. The Bertz CT molecular complexity index is 209. The van der Waals surface area contributed by atoms with Crippen LogP contribution >= 0.6 is 0 Å². The van der Waals surface area contributed by atoms with Crippen LogP contribution in [-0.4, -0.2) is 43.8 Å². The number of hydrogen-bond acceptors (Lipinski definition) is 3. The van der Waals surface area contributed by atoms with Gasteiger partial charge in [-0.15, -0.1) is 0 Å². The summed E-state index contributed by atoms with van der Waals surface area (Å²) in [6.07, 6.45) is -4.74. The molecule has 0 spiro atoms. The summed E-state index contributed by atoms with van der Waals surface area (Å²) in [5.41, 5.74) is 3.41. The zero-order chi connectivity index (χ0) is 13.6. The quantitative estimate of drug-likeness (QED) is 0.679. The highest BCUT2D eigenvalue weighted by molar-refractivity contribution is 5.81. The largest absolute Gasteiger partial charge is 0.471 e. The van der Waals surface area contributed by atoms with E-state index in [2.05, 4.69) is 26.2 Å². The lowest BCUT2D eigenvalue weighted by molar-refractivity contribution is -0.172. The molecule has 2 N–H and O–H groups in total. The van der Waals surface area contributed by atoms with Crippen molar-refractivity contribution in [1.82, 2.24) is 15.8 Å².